The van der Waals surface area contributed by atoms with E-state index in [1.807, 2.05) is 74.4 Å². The maximum atomic E-state index is 12.4. The van der Waals surface area contributed by atoms with Gasteiger partial charge in [0.25, 0.3) is 5.56 Å². The first-order chi connectivity index (χ1) is 16.9. The Labute approximate surface area is 204 Å². The van der Waals surface area contributed by atoms with Crippen LogP contribution in [0.15, 0.2) is 78.4 Å². The molecule has 0 aliphatic carbocycles. The van der Waals surface area contributed by atoms with Gasteiger partial charge in [0.2, 0.25) is 11.9 Å². The molecule has 0 saturated heterocycles. The lowest BCUT2D eigenvalue weighted by molar-refractivity contribution is -0.114. The van der Waals surface area contributed by atoms with E-state index in [1.54, 1.807) is 17.3 Å². The van der Waals surface area contributed by atoms with Crippen LogP contribution in [0.4, 0.5) is 17.3 Å². The van der Waals surface area contributed by atoms with Crippen LogP contribution in [0.1, 0.15) is 5.56 Å². The maximum Gasteiger partial charge on any atom is 0.256 e. The summed E-state index contributed by atoms with van der Waals surface area (Å²) in [5.41, 5.74) is 4.51. The van der Waals surface area contributed by atoms with Gasteiger partial charge in [0.1, 0.15) is 0 Å². The zero-order valence-corrected chi connectivity index (χ0v) is 20.1. The van der Waals surface area contributed by atoms with E-state index in [2.05, 4.69) is 26.8 Å². The fraction of sp³-hybridized carbons (Fsp3) is 0.185. The number of fused-ring (bicyclic) bond motifs is 1. The number of rotatable bonds is 8. The molecule has 2 aromatic carbocycles. The van der Waals surface area contributed by atoms with Crippen molar-refractivity contribution in [2.45, 2.75) is 6.92 Å². The summed E-state index contributed by atoms with van der Waals surface area (Å²) in [7, 11) is 3.93. The highest BCUT2D eigenvalue weighted by Gasteiger charge is 2.14. The number of carbonyl (C=O) groups is 1. The number of hydrogen-bond acceptors (Lipinski definition) is 6. The molecule has 0 spiro atoms. The fourth-order valence-corrected chi connectivity index (χ4v) is 3.84. The molecule has 2 N–H and O–H groups in total. The van der Waals surface area contributed by atoms with Crippen molar-refractivity contribution < 1.29 is 4.79 Å². The van der Waals surface area contributed by atoms with E-state index < -0.39 is 0 Å². The predicted molar refractivity (Wildman–Crippen MR) is 141 cm³/mol. The zero-order valence-electron chi connectivity index (χ0n) is 20.1. The van der Waals surface area contributed by atoms with Crippen LogP contribution < -0.4 is 15.8 Å². The van der Waals surface area contributed by atoms with Gasteiger partial charge in [0.05, 0.1) is 5.52 Å². The number of aromatic amines is 1. The monoisotopic (exact) mass is 468 g/mol. The Balaban J connectivity index is 1.59. The zero-order chi connectivity index (χ0) is 24.9. The number of H-pyrrole nitrogens is 1. The van der Waals surface area contributed by atoms with Crippen molar-refractivity contribution in [1.82, 2.24) is 19.9 Å². The quantitative estimate of drug-likeness (QED) is 0.378. The van der Waals surface area contributed by atoms with Gasteiger partial charge in [-0.15, -0.1) is 0 Å². The Morgan fingerprint density at radius 3 is 2.71 bits per heavy atom. The summed E-state index contributed by atoms with van der Waals surface area (Å²) in [6.45, 7) is 6.81. The minimum atomic E-state index is -0.158. The first kappa shape index (κ1) is 23.8. The van der Waals surface area contributed by atoms with E-state index in [0.29, 0.717) is 18.1 Å². The number of benzene rings is 2. The predicted octanol–water partition coefficient (Wildman–Crippen LogP) is 4.12. The summed E-state index contributed by atoms with van der Waals surface area (Å²) in [6.07, 6.45) is 4.70. The minimum absolute atomic E-state index is 0.127. The van der Waals surface area contributed by atoms with E-state index >= 15 is 0 Å². The van der Waals surface area contributed by atoms with E-state index in [9.17, 15) is 9.59 Å². The number of carbonyl (C=O) groups excluding carboxylic acids is 1. The van der Waals surface area contributed by atoms with Gasteiger partial charge in [-0.1, -0.05) is 18.7 Å². The number of anilines is 3. The van der Waals surface area contributed by atoms with Crippen LogP contribution in [0.25, 0.3) is 22.0 Å². The number of aryl methyl sites for hydroxylation is 1. The SMILES string of the molecule is C=CC(=O)N(CCN(C)C)c1cccc(Nc2ncc3cc(-c4c(C)cc[nH]c4=O)ccc3n2)c1. The molecule has 0 unspecified atom stereocenters. The number of nitrogens with one attached hydrogen (secondary N) is 2. The third-order valence-corrected chi connectivity index (χ3v) is 5.66. The lowest BCUT2D eigenvalue weighted by atomic mass is 10.0. The van der Waals surface area contributed by atoms with Crippen molar-refractivity contribution in [3.05, 3.63) is 89.5 Å². The normalized spacial score (nSPS) is 11.0. The van der Waals surface area contributed by atoms with Crippen LogP contribution in [0, 0.1) is 6.92 Å². The van der Waals surface area contributed by atoms with Gasteiger partial charge in [0, 0.05) is 47.8 Å². The lowest BCUT2D eigenvalue weighted by Gasteiger charge is -2.23. The van der Waals surface area contributed by atoms with Crippen LogP contribution in [-0.4, -0.2) is 52.9 Å². The first-order valence-electron chi connectivity index (χ1n) is 11.3. The summed E-state index contributed by atoms with van der Waals surface area (Å²) in [4.78, 5) is 40.3. The number of amides is 1. The van der Waals surface area contributed by atoms with E-state index in [-0.39, 0.29) is 11.5 Å². The number of nitrogens with zero attached hydrogens (tertiary/aromatic N) is 4. The van der Waals surface area contributed by atoms with Crippen molar-refractivity contribution in [2.24, 2.45) is 0 Å². The van der Waals surface area contributed by atoms with Crippen LogP contribution in [0.3, 0.4) is 0 Å². The van der Waals surface area contributed by atoms with Crippen LogP contribution in [0.2, 0.25) is 0 Å². The van der Waals surface area contributed by atoms with Crippen molar-refractivity contribution in [2.75, 3.05) is 37.4 Å². The second-order valence-corrected chi connectivity index (χ2v) is 8.50. The standard InChI is InChI=1S/C27H28N6O2/c1-5-24(34)33(14-13-32(3)4)22-8-6-7-21(16-22)30-27-29-17-20-15-19(9-10-23(20)31-27)25-18(2)11-12-28-26(25)35/h5-12,15-17H,1,13-14H2,2-4H3,(H,28,35)(H,29,30,31). The van der Waals surface area contributed by atoms with Gasteiger partial charge in [-0.05, 0) is 74.6 Å². The molecule has 1 amide bonds. The van der Waals surface area contributed by atoms with Crippen LogP contribution in [0.5, 0.6) is 0 Å². The van der Waals surface area contributed by atoms with Gasteiger partial charge in [-0.2, -0.15) is 0 Å². The molecule has 8 nitrogen and oxygen atoms in total. The Morgan fingerprint density at radius 1 is 1.14 bits per heavy atom. The summed E-state index contributed by atoms with van der Waals surface area (Å²) >= 11 is 0. The molecule has 0 bridgehead atoms. The van der Waals surface area contributed by atoms with Crippen LogP contribution in [-0.2, 0) is 4.79 Å². The number of likely N-dealkylation sites (N-methyl/N-ethyl adjacent to an activating group) is 1. The van der Waals surface area contributed by atoms with E-state index in [1.165, 1.54) is 6.08 Å². The number of aromatic nitrogens is 3. The van der Waals surface area contributed by atoms with Crippen molar-refractivity contribution in [1.29, 1.82) is 0 Å². The third-order valence-electron chi connectivity index (χ3n) is 5.66. The topological polar surface area (TPSA) is 94.2 Å². The summed E-state index contributed by atoms with van der Waals surface area (Å²) in [6, 6.07) is 15.1. The Bertz CT molecular complexity index is 1440. The van der Waals surface area contributed by atoms with E-state index in [4.69, 9.17) is 0 Å². The highest BCUT2D eigenvalue weighted by Crippen LogP contribution is 2.25. The highest BCUT2D eigenvalue weighted by atomic mass is 16.2. The molecular weight excluding hydrogens is 440 g/mol. The van der Waals surface area contributed by atoms with Crippen molar-refractivity contribution in [3.63, 3.8) is 0 Å². The lowest BCUT2D eigenvalue weighted by Crippen LogP contribution is -2.35. The Hall–Kier alpha value is -4.30. The van der Waals surface area contributed by atoms with Gasteiger partial charge in [-0.3, -0.25) is 9.59 Å². The second-order valence-electron chi connectivity index (χ2n) is 8.50. The Morgan fingerprint density at radius 2 is 1.97 bits per heavy atom. The van der Waals surface area contributed by atoms with Gasteiger partial charge < -0.3 is 20.1 Å². The molecule has 0 radical (unpaired) electrons. The second kappa shape index (κ2) is 10.3. The molecule has 2 aromatic heterocycles. The molecule has 4 rings (SSSR count). The Kier molecular flexibility index (Phi) is 7.03. The summed E-state index contributed by atoms with van der Waals surface area (Å²) in [5, 5.41) is 4.06. The van der Waals surface area contributed by atoms with Crippen molar-refractivity contribution in [3.8, 4) is 11.1 Å². The molecule has 0 fully saturated rings. The largest absolute Gasteiger partial charge is 0.329 e. The highest BCUT2D eigenvalue weighted by molar-refractivity contribution is 6.01. The smallest absolute Gasteiger partial charge is 0.256 e. The molecule has 178 valence electrons. The molecule has 0 aliphatic rings. The first-order valence-corrected chi connectivity index (χ1v) is 11.3. The molecular formula is C27H28N6O2. The van der Waals surface area contributed by atoms with Crippen LogP contribution >= 0.6 is 0 Å². The summed E-state index contributed by atoms with van der Waals surface area (Å²) in [5.74, 6) is 0.278. The van der Waals surface area contributed by atoms with Gasteiger partial charge in [0.15, 0.2) is 0 Å². The summed E-state index contributed by atoms with van der Waals surface area (Å²) < 4.78 is 0. The number of hydrogen-bond donors (Lipinski definition) is 2. The minimum Gasteiger partial charge on any atom is -0.329 e. The molecule has 0 saturated carbocycles. The van der Waals surface area contributed by atoms with Gasteiger partial charge >= 0.3 is 0 Å². The van der Waals surface area contributed by atoms with Gasteiger partial charge in [-0.25, -0.2) is 9.97 Å². The molecule has 2 heterocycles. The molecule has 4 aromatic rings. The molecule has 0 aliphatic heterocycles. The average molecular weight is 469 g/mol. The molecule has 35 heavy (non-hydrogen) atoms. The fourth-order valence-electron chi connectivity index (χ4n) is 3.84. The number of pyridine rings is 1. The third kappa shape index (κ3) is 5.44. The van der Waals surface area contributed by atoms with E-state index in [0.717, 1.165) is 39.9 Å². The molecule has 8 heteroatoms. The maximum absolute atomic E-state index is 12.4. The molecule has 0 atom stereocenters. The average Bonchev–Trinajstić information content (AvgIpc) is 2.84. The van der Waals surface area contributed by atoms with Crippen molar-refractivity contribution >= 4 is 34.1 Å².